The van der Waals surface area contributed by atoms with Gasteiger partial charge in [-0.2, -0.15) is 0 Å². The Labute approximate surface area is 243 Å². The van der Waals surface area contributed by atoms with E-state index in [1.165, 1.54) is 13.2 Å². The molecule has 218 valence electrons. The summed E-state index contributed by atoms with van der Waals surface area (Å²) >= 11 is 0. The molecule has 3 aromatic carbocycles. The van der Waals surface area contributed by atoms with Gasteiger partial charge in [-0.3, -0.25) is 9.69 Å². The Morgan fingerprint density at radius 2 is 1.83 bits per heavy atom. The van der Waals surface area contributed by atoms with Crippen molar-refractivity contribution in [1.29, 1.82) is 0 Å². The first kappa shape index (κ1) is 29.1. The Morgan fingerprint density at radius 1 is 1.02 bits per heavy atom. The molecule has 1 heterocycles. The number of ether oxygens (including phenoxy) is 3. The largest absolute Gasteiger partial charge is 0.497 e. The van der Waals surface area contributed by atoms with Crippen LogP contribution in [0.15, 0.2) is 60.7 Å². The number of nitrogens with zero attached hydrogens (tertiary/aromatic N) is 1. The second-order valence-corrected chi connectivity index (χ2v) is 12.3. The lowest BCUT2D eigenvalue weighted by Gasteiger charge is -2.46. The van der Waals surface area contributed by atoms with Gasteiger partial charge in [0, 0.05) is 11.6 Å². The van der Waals surface area contributed by atoms with E-state index in [-0.39, 0.29) is 29.2 Å². The van der Waals surface area contributed by atoms with E-state index >= 15 is 4.39 Å². The molecule has 1 saturated heterocycles. The predicted molar refractivity (Wildman–Crippen MR) is 160 cm³/mol. The average molecular weight is 560 g/mol. The van der Waals surface area contributed by atoms with Crippen LogP contribution in [0.3, 0.4) is 0 Å². The molecule has 1 saturated carbocycles. The minimum atomic E-state index is -0.263. The Hall–Kier alpha value is -3.38. The number of rotatable bonds is 10. The molecule has 1 aliphatic heterocycles. The highest BCUT2D eigenvalue weighted by molar-refractivity contribution is 5.71. The number of hydrogen-bond acceptors (Lipinski definition) is 5. The number of likely N-dealkylation sites (tertiary alicyclic amines) is 1. The number of hydrogen-bond donors (Lipinski definition) is 0. The van der Waals surface area contributed by atoms with E-state index < -0.39 is 0 Å². The van der Waals surface area contributed by atoms with Crippen LogP contribution in [0.25, 0.3) is 11.1 Å². The van der Waals surface area contributed by atoms with Gasteiger partial charge in [0.05, 0.1) is 20.6 Å². The predicted octanol–water partition coefficient (Wildman–Crippen LogP) is 7.93. The van der Waals surface area contributed by atoms with Crippen LogP contribution in [0.2, 0.25) is 0 Å². The first-order valence-corrected chi connectivity index (χ1v) is 14.7. The lowest BCUT2D eigenvalue weighted by Crippen LogP contribution is -2.41. The topological polar surface area (TPSA) is 48.0 Å². The number of piperidine rings is 1. The first-order valence-electron chi connectivity index (χ1n) is 14.7. The molecule has 0 amide bonds. The fourth-order valence-electron chi connectivity index (χ4n) is 6.64. The third-order valence-electron chi connectivity index (χ3n) is 8.88. The summed E-state index contributed by atoms with van der Waals surface area (Å²) in [5, 5.41) is 0. The average Bonchev–Trinajstić information content (AvgIpc) is 3.80. The van der Waals surface area contributed by atoms with Crippen LogP contribution >= 0.6 is 0 Å². The molecular formula is C35H42FNO4. The molecule has 3 aromatic rings. The van der Waals surface area contributed by atoms with Gasteiger partial charge < -0.3 is 14.2 Å². The second kappa shape index (κ2) is 12.2. The Morgan fingerprint density at radius 3 is 2.54 bits per heavy atom. The second-order valence-electron chi connectivity index (χ2n) is 12.3. The van der Waals surface area contributed by atoms with Gasteiger partial charge in [0.15, 0.2) is 0 Å². The summed E-state index contributed by atoms with van der Waals surface area (Å²) in [6.45, 7) is 5.99. The lowest BCUT2D eigenvalue weighted by molar-refractivity contribution is -0.141. The zero-order valence-corrected chi connectivity index (χ0v) is 24.9. The number of carbonyl (C=O) groups is 1. The van der Waals surface area contributed by atoms with Gasteiger partial charge in [-0.15, -0.1) is 0 Å². The van der Waals surface area contributed by atoms with Crippen molar-refractivity contribution in [3.8, 4) is 22.6 Å². The van der Waals surface area contributed by atoms with Crippen molar-refractivity contribution in [3.05, 3.63) is 83.2 Å². The van der Waals surface area contributed by atoms with Crippen molar-refractivity contribution in [2.24, 2.45) is 11.3 Å². The Balaban J connectivity index is 1.45. The molecular weight excluding hydrogens is 517 g/mol. The maximum atomic E-state index is 15.2. The van der Waals surface area contributed by atoms with Crippen molar-refractivity contribution in [2.45, 2.75) is 64.5 Å². The molecule has 5 rings (SSSR count). The standard InChI is InChI=1S/C35H42FNO4/c1-35(2)16-7-17-37(3)34(35)31-18-23(10-14-28(31)30-20-26(39-4)13-15-32(30)36)22-41-27-9-6-8-25(19-27)29(24-11-12-24)21-33(38)40-5/h6,8-10,13-15,18-20,24,29,34H,7,11-12,16-17,21-22H2,1-5H3/t29-,34?/m0/s1. The molecule has 1 unspecified atom stereocenters. The van der Waals surface area contributed by atoms with Gasteiger partial charge in [0.2, 0.25) is 0 Å². The smallest absolute Gasteiger partial charge is 0.306 e. The van der Waals surface area contributed by atoms with E-state index in [0.29, 0.717) is 30.3 Å². The fraction of sp³-hybridized carbons (Fsp3) is 0.457. The summed E-state index contributed by atoms with van der Waals surface area (Å²) in [5.74, 6) is 1.64. The van der Waals surface area contributed by atoms with Crippen LogP contribution in [0.1, 0.15) is 74.6 Å². The highest BCUT2D eigenvalue weighted by atomic mass is 19.1. The van der Waals surface area contributed by atoms with Crippen molar-refractivity contribution >= 4 is 5.97 Å². The normalized spacial score (nSPS) is 19.4. The number of carbonyl (C=O) groups excluding carboxylic acids is 1. The maximum absolute atomic E-state index is 15.2. The Bertz CT molecular complexity index is 1380. The minimum absolute atomic E-state index is 0.0162. The van der Waals surface area contributed by atoms with Crippen molar-refractivity contribution in [1.82, 2.24) is 4.90 Å². The van der Waals surface area contributed by atoms with Gasteiger partial charge in [-0.05, 0) is 109 Å². The molecule has 6 heteroatoms. The molecule has 0 N–H and O–H groups in total. The molecule has 0 radical (unpaired) electrons. The van der Waals surface area contributed by atoms with Crippen LogP contribution in [0.4, 0.5) is 4.39 Å². The van der Waals surface area contributed by atoms with Gasteiger partial charge in [-0.1, -0.05) is 44.2 Å². The van der Waals surface area contributed by atoms with Gasteiger partial charge >= 0.3 is 5.97 Å². The van der Waals surface area contributed by atoms with Crippen molar-refractivity contribution in [3.63, 3.8) is 0 Å². The van der Waals surface area contributed by atoms with Crippen LogP contribution < -0.4 is 9.47 Å². The van der Waals surface area contributed by atoms with Gasteiger partial charge in [-0.25, -0.2) is 4.39 Å². The maximum Gasteiger partial charge on any atom is 0.306 e. The molecule has 2 aliphatic rings. The quantitative estimate of drug-likeness (QED) is 0.236. The summed E-state index contributed by atoms with van der Waals surface area (Å²) in [5.41, 5.74) is 4.69. The van der Waals surface area contributed by atoms with Crippen LogP contribution in [-0.4, -0.2) is 38.7 Å². The van der Waals surface area contributed by atoms with E-state index in [2.05, 4.69) is 44.0 Å². The zero-order valence-electron chi connectivity index (χ0n) is 24.9. The molecule has 0 aromatic heterocycles. The molecule has 2 atom stereocenters. The highest BCUT2D eigenvalue weighted by Gasteiger charge is 2.38. The van der Waals surface area contributed by atoms with E-state index in [1.54, 1.807) is 19.2 Å². The van der Waals surface area contributed by atoms with Gasteiger partial charge in [0.1, 0.15) is 23.9 Å². The number of halogens is 1. The summed E-state index contributed by atoms with van der Waals surface area (Å²) in [7, 11) is 5.21. The number of benzene rings is 3. The molecule has 0 spiro atoms. The Kier molecular flexibility index (Phi) is 8.69. The number of methoxy groups -OCH3 is 2. The third-order valence-corrected chi connectivity index (χ3v) is 8.88. The number of esters is 1. The summed E-state index contributed by atoms with van der Waals surface area (Å²) in [6, 6.07) is 19.4. The van der Waals surface area contributed by atoms with Gasteiger partial charge in [0.25, 0.3) is 0 Å². The van der Waals surface area contributed by atoms with Crippen LogP contribution in [-0.2, 0) is 16.1 Å². The molecule has 2 fully saturated rings. The molecule has 5 nitrogen and oxygen atoms in total. The monoisotopic (exact) mass is 559 g/mol. The summed E-state index contributed by atoms with van der Waals surface area (Å²) in [6.07, 6.45) is 4.91. The van der Waals surface area contributed by atoms with E-state index in [4.69, 9.17) is 14.2 Å². The summed E-state index contributed by atoms with van der Waals surface area (Å²) < 4.78 is 32.0. The minimum Gasteiger partial charge on any atom is -0.497 e. The fourth-order valence-corrected chi connectivity index (χ4v) is 6.64. The molecule has 1 aliphatic carbocycles. The van der Waals surface area contributed by atoms with E-state index in [1.807, 2.05) is 24.3 Å². The summed E-state index contributed by atoms with van der Waals surface area (Å²) in [4.78, 5) is 14.5. The lowest BCUT2D eigenvalue weighted by atomic mass is 9.72. The first-order chi connectivity index (χ1) is 19.7. The van der Waals surface area contributed by atoms with E-state index in [9.17, 15) is 4.79 Å². The molecule has 41 heavy (non-hydrogen) atoms. The van der Waals surface area contributed by atoms with Crippen molar-refractivity contribution in [2.75, 3.05) is 27.8 Å². The molecule has 0 bridgehead atoms. The van der Waals surface area contributed by atoms with E-state index in [0.717, 1.165) is 60.2 Å². The van der Waals surface area contributed by atoms with Crippen LogP contribution in [0.5, 0.6) is 11.5 Å². The highest BCUT2D eigenvalue weighted by Crippen LogP contribution is 2.48. The SMILES string of the molecule is COC(=O)C[C@H](c1cccc(OCc2ccc(-c3cc(OC)ccc3F)c(C3N(C)CCCC3(C)C)c2)c1)C1CC1. The zero-order chi connectivity index (χ0) is 29.1. The van der Waals surface area contributed by atoms with Crippen LogP contribution in [0, 0.1) is 17.2 Å². The van der Waals surface area contributed by atoms with Crippen molar-refractivity contribution < 1.29 is 23.4 Å². The third kappa shape index (κ3) is 6.59.